The van der Waals surface area contributed by atoms with E-state index < -0.39 is 11.5 Å². The lowest BCUT2D eigenvalue weighted by molar-refractivity contribution is 0.627. The summed E-state index contributed by atoms with van der Waals surface area (Å²) in [6, 6.07) is 2.11. The van der Waals surface area contributed by atoms with Gasteiger partial charge in [0.25, 0.3) is 0 Å². The molecule has 2 aromatic rings. The normalized spacial score (nSPS) is 10.7. The molecule has 0 aliphatic rings. The molecule has 2 N–H and O–H groups in total. The molecule has 1 aromatic heterocycles. The van der Waals surface area contributed by atoms with Gasteiger partial charge in [-0.3, -0.25) is 5.10 Å². The first-order valence-electron chi connectivity index (χ1n) is 4.05. The highest BCUT2D eigenvalue weighted by molar-refractivity contribution is 7.71. The molecule has 1 heterocycles. The summed E-state index contributed by atoms with van der Waals surface area (Å²) in [4.78, 5) is 11.4. The number of hydrogen-bond acceptors (Lipinski definition) is 2. The van der Waals surface area contributed by atoms with Crippen molar-refractivity contribution in [3.8, 4) is 5.69 Å². The summed E-state index contributed by atoms with van der Waals surface area (Å²) < 4.78 is 14.1. The Balaban J connectivity index is 2.85. The van der Waals surface area contributed by atoms with Crippen molar-refractivity contribution < 1.29 is 4.39 Å². The third kappa shape index (κ3) is 1.79. The second kappa shape index (κ2) is 4.04. The van der Waals surface area contributed by atoms with Crippen molar-refractivity contribution in [3.63, 3.8) is 0 Å². The van der Waals surface area contributed by atoms with Gasteiger partial charge in [0.2, 0.25) is 4.77 Å². The Labute approximate surface area is 104 Å². The molecular weight excluding hydrogens is 276 g/mol. The van der Waals surface area contributed by atoms with Crippen molar-refractivity contribution >= 4 is 35.4 Å². The second-order valence-electron chi connectivity index (χ2n) is 2.91. The van der Waals surface area contributed by atoms with Crippen molar-refractivity contribution in [1.29, 1.82) is 0 Å². The third-order valence-corrected chi connectivity index (χ3v) is 2.75. The van der Waals surface area contributed by atoms with Gasteiger partial charge in [-0.2, -0.15) is 0 Å². The monoisotopic (exact) mass is 279 g/mol. The smallest absolute Gasteiger partial charge is 0.272 e. The number of H-pyrrole nitrogens is 2. The molecule has 0 radical (unpaired) electrons. The fourth-order valence-electron chi connectivity index (χ4n) is 1.26. The van der Waals surface area contributed by atoms with Crippen LogP contribution in [-0.4, -0.2) is 14.8 Å². The third-order valence-electron chi connectivity index (χ3n) is 1.89. The van der Waals surface area contributed by atoms with Crippen molar-refractivity contribution in [1.82, 2.24) is 14.8 Å². The average molecular weight is 280 g/mol. The van der Waals surface area contributed by atoms with Gasteiger partial charge in [0.05, 0.1) is 15.7 Å². The molecule has 2 rings (SSSR count). The van der Waals surface area contributed by atoms with E-state index in [1.165, 1.54) is 0 Å². The summed E-state index contributed by atoms with van der Waals surface area (Å²) >= 11 is 16.5. The highest BCUT2D eigenvalue weighted by Crippen LogP contribution is 2.28. The molecule has 84 valence electrons. The SMILES string of the molecule is O=c1[nH][nH]c(=S)n1-c1c(Cl)cc(F)cc1Cl. The largest absolute Gasteiger partial charge is 0.347 e. The zero-order valence-electron chi connectivity index (χ0n) is 7.55. The van der Waals surface area contributed by atoms with Gasteiger partial charge >= 0.3 is 5.69 Å². The molecular formula is C8H4Cl2FN3OS. The minimum atomic E-state index is -0.586. The van der Waals surface area contributed by atoms with Crippen LogP contribution in [0.4, 0.5) is 4.39 Å². The first-order valence-corrected chi connectivity index (χ1v) is 5.21. The number of benzene rings is 1. The number of nitrogens with one attached hydrogen (secondary N) is 2. The Morgan fingerprint density at radius 2 is 1.81 bits per heavy atom. The van der Waals surface area contributed by atoms with Crippen LogP contribution in [0.3, 0.4) is 0 Å². The lowest BCUT2D eigenvalue weighted by Crippen LogP contribution is -2.15. The van der Waals surface area contributed by atoms with Crippen LogP contribution in [0.5, 0.6) is 0 Å². The Hall–Kier alpha value is -1.11. The number of hydrogen-bond donors (Lipinski definition) is 2. The number of rotatable bonds is 1. The van der Waals surface area contributed by atoms with Gasteiger partial charge in [0, 0.05) is 0 Å². The molecule has 0 fully saturated rings. The van der Waals surface area contributed by atoms with E-state index in [-0.39, 0.29) is 20.5 Å². The molecule has 0 bridgehead atoms. The molecule has 0 amide bonds. The van der Waals surface area contributed by atoms with E-state index in [1.807, 2.05) is 0 Å². The standard InChI is InChI=1S/C8H4Cl2FN3OS/c9-4-1-3(11)2-5(10)6(4)14-7(15)12-13-8(14)16/h1-2H,(H,12,15)(H,13,16). The van der Waals surface area contributed by atoms with Crippen LogP contribution in [0.15, 0.2) is 16.9 Å². The molecule has 0 aliphatic carbocycles. The van der Waals surface area contributed by atoms with E-state index in [4.69, 9.17) is 35.4 Å². The van der Waals surface area contributed by atoms with E-state index in [9.17, 15) is 9.18 Å². The second-order valence-corrected chi connectivity index (χ2v) is 4.11. The minimum Gasteiger partial charge on any atom is -0.272 e. The van der Waals surface area contributed by atoms with Crippen LogP contribution in [0.2, 0.25) is 10.0 Å². The quantitative estimate of drug-likeness (QED) is 0.789. The molecule has 1 aromatic carbocycles. The zero-order chi connectivity index (χ0) is 11.9. The molecule has 0 atom stereocenters. The van der Waals surface area contributed by atoms with Gasteiger partial charge in [-0.25, -0.2) is 18.9 Å². The summed E-state index contributed by atoms with van der Waals surface area (Å²) in [5, 5.41) is 4.72. The van der Waals surface area contributed by atoms with Gasteiger partial charge in [-0.1, -0.05) is 23.2 Å². The first kappa shape index (κ1) is 11.4. The maximum Gasteiger partial charge on any atom is 0.347 e. The maximum atomic E-state index is 13.0. The molecule has 4 nitrogen and oxygen atoms in total. The fourth-order valence-corrected chi connectivity index (χ4v) is 2.12. The van der Waals surface area contributed by atoms with Crippen LogP contribution in [0.1, 0.15) is 0 Å². The van der Waals surface area contributed by atoms with E-state index in [1.54, 1.807) is 0 Å². The van der Waals surface area contributed by atoms with Crippen molar-refractivity contribution in [2.75, 3.05) is 0 Å². The summed E-state index contributed by atoms with van der Waals surface area (Å²) in [7, 11) is 0. The lowest BCUT2D eigenvalue weighted by atomic mass is 10.3. The van der Waals surface area contributed by atoms with Crippen molar-refractivity contribution in [3.05, 3.63) is 43.3 Å². The Morgan fingerprint density at radius 1 is 1.25 bits per heavy atom. The van der Waals surface area contributed by atoms with Crippen LogP contribution in [0, 0.1) is 10.6 Å². The van der Waals surface area contributed by atoms with E-state index in [2.05, 4.69) is 10.2 Å². The Morgan fingerprint density at radius 3 is 2.25 bits per heavy atom. The van der Waals surface area contributed by atoms with E-state index >= 15 is 0 Å². The van der Waals surface area contributed by atoms with E-state index in [0.717, 1.165) is 16.7 Å². The van der Waals surface area contributed by atoms with Crippen LogP contribution in [0.25, 0.3) is 5.69 Å². The minimum absolute atomic E-state index is 0.00574. The van der Waals surface area contributed by atoms with Crippen LogP contribution < -0.4 is 5.69 Å². The van der Waals surface area contributed by atoms with Gasteiger partial charge in [-0.15, -0.1) is 0 Å². The summed E-state index contributed by atoms with van der Waals surface area (Å²) in [6.45, 7) is 0. The van der Waals surface area contributed by atoms with Gasteiger partial charge < -0.3 is 0 Å². The molecule has 0 spiro atoms. The summed E-state index contributed by atoms with van der Waals surface area (Å²) in [5.41, 5.74) is -0.377. The van der Waals surface area contributed by atoms with Crippen molar-refractivity contribution in [2.24, 2.45) is 0 Å². The predicted octanol–water partition coefficient (Wildman–Crippen LogP) is 2.67. The van der Waals surface area contributed by atoms with E-state index in [0.29, 0.717) is 0 Å². The molecule has 16 heavy (non-hydrogen) atoms. The highest BCUT2D eigenvalue weighted by atomic mass is 35.5. The number of nitrogens with zero attached hydrogens (tertiary/aromatic N) is 1. The van der Waals surface area contributed by atoms with Crippen LogP contribution >= 0.6 is 35.4 Å². The summed E-state index contributed by atoms with van der Waals surface area (Å²) in [6.07, 6.45) is 0. The lowest BCUT2D eigenvalue weighted by Gasteiger charge is -2.06. The zero-order valence-corrected chi connectivity index (χ0v) is 9.88. The Kier molecular flexibility index (Phi) is 2.88. The topological polar surface area (TPSA) is 53.6 Å². The number of halogens is 3. The molecule has 0 unspecified atom stereocenters. The molecule has 0 saturated heterocycles. The van der Waals surface area contributed by atoms with Gasteiger partial charge in [-0.05, 0) is 24.4 Å². The first-order chi connectivity index (χ1) is 7.50. The molecule has 0 saturated carbocycles. The highest BCUT2D eigenvalue weighted by Gasteiger charge is 2.13. The van der Waals surface area contributed by atoms with Gasteiger partial charge in [0.1, 0.15) is 5.82 Å². The summed E-state index contributed by atoms with van der Waals surface area (Å²) in [5.74, 6) is -0.586. The Bertz CT molecular complexity index is 609. The van der Waals surface area contributed by atoms with Gasteiger partial charge in [0.15, 0.2) is 0 Å². The number of aromatic nitrogens is 3. The molecule has 8 heteroatoms. The molecule has 0 aliphatic heterocycles. The fraction of sp³-hybridized carbons (Fsp3) is 0. The number of aromatic amines is 2. The maximum absolute atomic E-state index is 13.0. The average Bonchev–Trinajstić information content (AvgIpc) is 2.47. The van der Waals surface area contributed by atoms with Crippen LogP contribution in [-0.2, 0) is 0 Å². The predicted molar refractivity (Wildman–Crippen MR) is 61.6 cm³/mol. The van der Waals surface area contributed by atoms with Crippen molar-refractivity contribution in [2.45, 2.75) is 0 Å².